The quantitative estimate of drug-likeness (QED) is 0.767. The molecule has 0 amide bonds. The fourth-order valence-corrected chi connectivity index (χ4v) is 1.25. The van der Waals surface area contributed by atoms with Gasteiger partial charge in [-0.3, -0.25) is 0 Å². The van der Waals surface area contributed by atoms with Crippen LogP contribution in [0.3, 0.4) is 0 Å². The van der Waals surface area contributed by atoms with Crippen LogP contribution in [0.15, 0.2) is 29.0 Å². The van der Waals surface area contributed by atoms with Crippen LogP contribution >= 0.6 is 11.6 Å². The summed E-state index contributed by atoms with van der Waals surface area (Å²) >= 11 is 5.55. The van der Waals surface area contributed by atoms with E-state index in [9.17, 15) is 0 Å². The van der Waals surface area contributed by atoms with E-state index in [4.69, 9.17) is 16.0 Å². The standard InChI is InChI=1S/C9H9ClN2O/c10-3-4-11-7-1-2-8-9(5-7)13-6-12-8/h1-2,5-6,11H,3-4H2. The largest absolute Gasteiger partial charge is 0.443 e. The van der Waals surface area contributed by atoms with Crippen LogP contribution in [0.5, 0.6) is 0 Å². The van der Waals surface area contributed by atoms with Crippen molar-refractivity contribution in [2.24, 2.45) is 0 Å². The van der Waals surface area contributed by atoms with Crippen LogP contribution in [0.2, 0.25) is 0 Å². The van der Waals surface area contributed by atoms with Gasteiger partial charge in [0.15, 0.2) is 12.0 Å². The lowest BCUT2D eigenvalue weighted by molar-refractivity contribution is 0.602. The number of anilines is 1. The molecule has 13 heavy (non-hydrogen) atoms. The van der Waals surface area contributed by atoms with Gasteiger partial charge in [-0.2, -0.15) is 0 Å². The number of nitrogens with zero attached hydrogens (tertiary/aromatic N) is 1. The molecule has 68 valence electrons. The first-order valence-corrected chi connectivity index (χ1v) is 4.57. The van der Waals surface area contributed by atoms with Crippen LogP contribution in [0.1, 0.15) is 0 Å². The Hall–Kier alpha value is -1.22. The normalized spacial score (nSPS) is 10.5. The lowest BCUT2D eigenvalue weighted by atomic mass is 10.3. The first-order chi connectivity index (χ1) is 6.40. The minimum absolute atomic E-state index is 0.592. The van der Waals surface area contributed by atoms with Gasteiger partial charge in [-0.15, -0.1) is 11.6 Å². The molecule has 0 saturated heterocycles. The molecule has 0 fully saturated rings. The number of hydrogen-bond acceptors (Lipinski definition) is 3. The van der Waals surface area contributed by atoms with Crippen molar-refractivity contribution in [3.63, 3.8) is 0 Å². The lowest BCUT2D eigenvalue weighted by Crippen LogP contribution is -2.01. The Morgan fingerprint density at radius 2 is 2.38 bits per heavy atom. The van der Waals surface area contributed by atoms with Crippen LogP contribution in [0.4, 0.5) is 5.69 Å². The van der Waals surface area contributed by atoms with Gasteiger partial charge in [0.1, 0.15) is 5.52 Å². The average Bonchev–Trinajstić information content (AvgIpc) is 2.61. The average molecular weight is 197 g/mol. The maximum atomic E-state index is 5.55. The minimum Gasteiger partial charge on any atom is -0.443 e. The predicted molar refractivity (Wildman–Crippen MR) is 53.2 cm³/mol. The molecule has 0 bridgehead atoms. The Labute approximate surface area is 80.7 Å². The Kier molecular flexibility index (Phi) is 2.36. The fourth-order valence-electron chi connectivity index (χ4n) is 1.16. The highest BCUT2D eigenvalue weighted by molar-refractivity contribution is 6.18. The molecule has 0 atom stereocenters. The topological polar surface area (TPSA) is 38.1 Å². The number of aromatic nitrogens is 1. The molecule has 4 heteroatoms. The first kappa shape index (κ1) is 8.38. The predicted octanol–water partition coefficient (Wildman–Crippen LogP) is 2.48. The van der Waals surface area contributed by atoms with E-state index in [1.54, 1.807) is 0 Å². The van der Waals surface area contributed by atoms with Gasteiger partial charge in [-0.05, 0) is 12.1 Å². The molecule has 1 N–H and O–H groups in total. The molecule has 0 spiro atoms. The molecule has 0 aliphatic heterocycles. The molecule has 2 rings (SSSR count). The first-order valence-electron chi connectivity index (χ1n) is 4.03. The van der Waals surface area contributed by atoms with Crippen LogP contribution in [-0.4, -0.2) is 17.4 Å². The molecule has 1 aromatic heterocycles. The lowest BCUT2D eigenvalue weighted by Gasteiger charge is -2.01. The summed E-state index contributed by atoms with van der Waals surface area (Å²) in [6.07, 6.45) is 1.44. The van der Waals surface area contributed by atoms with Crippen molar-refractivity contribution in [1.29, 1.82) is 0 Å². The molecule has 0 aliphatic carbocycles. The van der Waals surface area contributed by atoms with Gasteiger partial charge in [0.25, 0.3) is 0 Å². The molecule has 1 heterocycles. The second-order valence-corrected chi connectivity index (χ2v) is 3.03. The molecule has 0 unspecified atom stereocenters. The van der Waals surface area contributed by atoms with Gasteiger partial charge < -0.3 is 9.73 Å². The van der Waals surface area contributed by atoms with Crippen molar-refractivity contribution in [3.8, 4) is 0 Å². The van der Waals surface area contributed by atoms with E-state index in [2.05, 4.69) is 10.3 Å². The van der Waals surface area contributed by atoms with Gasteiger partial charge in [0.05, 0.1) is 0 Å². The molecular formula is C9H9ClN2O. The molecular weight excluding hydrogens is 188 g/mol. The highest BCUT2D eigenvalue weighted by Gasteiger charge is 1.98. The molecule has 2 aromatic rings. The van der Waals surface area contributed by atoms with Crippen LogP contribution in [0.25, 0.3) is 11.1 Å². The van der Waals surface area contributed by atoms with E-state index < -0.39 is 0 Å². The third kappa shape index (κ3) is 1.75. The second-order valence-electron chi connectivity index (χ2n) is 2.65. The Balaban J connectivity index is 2.26. The van der Waals surface area contributed by atoms with Crippen LogP contribution in [-0.2, 0) is 0 Å². The number of benzene rings is 1. The zero-order valence-electron chi connectivity index (χ0n) is 6.96. The van der Waals surface area contributed by atoms with E-state index in [-0.39, 0.29) is 0 Å². The Bertz CT molecular complexity index is 399. The van der Waals surface area contributed by atoms with Crippen molar-refractivity contribution in [1.82, 2.24) is 4.98 Å². The van der Waals surface area contributed by atoms with E-state index in [1.165, 1.54) is 6.39 Å². The van der Waals surface area contributed by atoms with Crippen molar-refractivity contribution >= 4 is 28.4 Å². The summed E-state index contributed by atoms with van der Waals surface area (Å²) < 4.78 is 5.15. The zero-order valence-corrected chi connectivity index (χ0v) is 7.71. The van der Waals surface area contributed by atoms with Gasteiger partial charge in [0.2, 0.25) is 0 Å². The van der Waals surface area contributed by atoms with E-state index in [0.717, 1.165) is 23.3 Å². The highest BCUT2D eigenvalue weighted by atomic mass is 35.5. The molecule has 0 saturated carbocycles. The SMILES string of the molecule is ClCCNc1ccc2ncoc2c1. The number of halogens is 1. The van der Waals surface area contributed by atoms with Crippen molar-refractivity contribution < 1.29 is 4.42 Å². The molecule has 0 radical (unpaired) electrons. The van der Waals surface area contributed by atoms with E-state index in [1.807, 2.05) is 18.2 Å². The van der Waals surface area contributed by atoms with Crippen molar-refractivity contribution in [2.45, 2.75) is 0 Å². The molecule has 0 aliphatic rings. The summed E-state index contributed by atoms with van der Waals surface area (Å²) in [4.78, 5) is 4.02. The van der Waals surface area contributed by atoms with Gasteiger partial charge in [-0.25, -0.2) is 4.98 Å². The number of fused-ring (bicyclic) bond motifs is 1. The summed E-state index contributed by atoms with van der Waals surface area (Å²) in [6.45, 7) is 0.751. The van der Waals surface area contributed by atoms with Gasteiger partial charge in [0, 0.05) is 24.2 Å². The van der Waals surface area contributed by atoms with Crippen LogP contribution < -0.4 is 5.32 Å². The fraction of sp³-hybridized carbons (Fsp3) is 0.222. The number of alkyl halides is 1. The summed E-state index contributed by atoms with van der Waals surface area (Å²) in [5, 5.41) is 3.16. The summed E-state index contributed by atoms with van der Waals surface area (Å²) in [5.74, 6) is 0.592. The summed E-state index contributed by atoms with van der Waals surface area (Å²) in [5.41, 5.74) is 2.67. The van der Waals surface area contributed by atoms with Crippen molar-refractivity contribution in [2.75, 3.05) is 17.7 Å². The maximum absolute atomic E-state index is 5.55. The summed E-state index contributed by atoms with van der Waals surface area (Å²) in [7, 11) is 0. The minimum atomic E-state index is 0.592. The number of hydrogen-bond donors (Lipinski definition) is 1. The van der Waals surface area contributed by atoms with E-state index in [0.29, 0.717) is 5.88 Å². The zero-order chi connectivity index (χ0) is 9.10. The van der Waals surface area contributed by atoms with Gasteiger partial charge in [-0.1, -0.05) is 0 Å². The maximum Gasteiger partial charge on any atom is 0.181 e. The third-order valence-corrected chi connectivity index (χ3v) is 1.94. The Morgan fingerprint density at radius 1 is 1.46 bits per heavy atom. The van der Waals surface area contributed by atoms with E-state index >= 15 is 0 Å². The monoisotopic (exact) mass is 196 g/mol. The van der Waals surface area contributed by atoms with Gasteiger partial charge >= 0.3 is 0 Å². The summed E-state index contributed by atoms with van der Waals surface area (Å²) in [6, 6.07) is 5.78. The second kappa shape index (κ2) is 3.66. The Morgan fingerprint density at radius 3 is 3.23 bits per heavy atom. The molecule has 1 aromatic carbocycles. The highest BCUT2D eigenvalue weighted by Crippen LogP contribution is 2.17. The van der Waals surface area contributed by atoms with Crippen LogP contribution in [0, 0.1) is 0 Å². The third-order valence-electron chi connectivity index (χ3n) is 1.75. The number of oxazole rings is 1. The number of nitrogens with one attached hydrogen (secondary N) is 1. The smallest absolute Gasteiger partial charge is 0.181 e. The molecule has 3 nitrogen and oxygen atoms in total. The number of rotatable bonds is 3. The van der Waals surface area contributed by atoms with Crippen molar-refractivity contribution in [3.05, 3.63) is 24.6 Å².